The fourth-order valence-electron chi connectivity index (χ4n) is 2.23. The molecule has 14 nitrogen and oxygen atoms in total. The van der Waals surface area contributed by atoms with Crippen molar-refractivity contribution in [2.75, 3.05) is 13.2 Å². The van der Waals surface area contributed by atoms with Crippen LogP contribution in [0.4, 0.5) is 0 Å². The van der Waals surface area contributed by atoms with Gasteiger partial charge >= 0.3 is 17.9 Å². The van der Waals surface area contributed by atoms with Gasteiger partial charge in [0.1, 0.15) is 13.2 Å². The summed E-state index contributed by atoms with van der Waals surface area (Å²) in [4.78, 5) is 44.3. The van der Waals surface area contributed by atoms with Crippen LogP contribution in [0.3, 0.4) is 0 Å². The van der Waals surface area contributed by atoms with Gasteiger partial charge in [-0.1, -0.05) is 0 Å². The molecule has 0 fully saturated rings. The molecule has 0 aliphatic carbocycles. The van der Waals surface area contributed by atoms with Crippen LogP contribution in [0.15, 0.2) is 24.3 Å². The van der Waals surface area contributed by atoms with E-state index in [1.165, 1.54) is 0 Å². The second-order valence-electron chi connectivity index (χ2n) is 6.19. The van der Waals surface area contributed by atoms with Gasteiger partial charge < -0.3 is 44.7 Å². The van der Waals surface area contributed by atoms with Crippen LogP contribution in [0.5, 0.6) is 23.5 Å². The number of carbonyl (C=O) groups excluding carboxylic acids is 3. The lowest BCUT2D eigenvalue weighted by atomic mass is 10.3. The Morgan fingerprint density at radius 1 is 0.719 bits per heavy atom. The van der Waals surface area contributed by atoms with Gasteiger partial charge in [0.25, 0.3) is 0 Å². The van der Waals surface area contributed by atoms with Crippen molar-refractivity contribution >= 4 is 17.9 Å². The van der Waals surface area contributed by atoms with E-state index in [0.717, 1.165) is 24.3 Å². The summed E-state index contributed by atoms with van der Waals surface area (Å²) >= 11 is 0. The summed E-state index contributed by atoms with van der Waals surface area (Å²) in [7, 11) is 0. The molecule has 0 radical (unpaired) electrons. The van der Waals surface area contributed by atoms with E-state index in [0.29, 0.717) is 9.46 Å². The maximum atomic E-state index is 11.6. The molecule has 0 spiro atoms. The highest BCUT2D eigenvalue weighted by Crippen LogP contribution is 2.20. The maximum Gasteiger partial charge on any atom is 0.333 e. The topological polar surface area (TPSA) is 199 Å². The van der Waals surface area contributed by atoms with Crippen LogP contribution >= 0.6 is 0 Å². The SMILES string of the molecule is O=C(CCC(=O)On1c(O)ccc1O)OCCOC(=O)CCC(O)On1c(O)ccc1O. The van der Waals surface area contributed by atoms with Gasteiger partial charge in [0.15, 0.2) is 0 Å². The molecule has 2 heterocycles. The van der Waals surface area contributed by atoms with Crippen LogP contribution in [0.2, 0.25) is 0 Å². The molecule has 0 aliphatic rings. The molecular formula is C18H22N2O12. The number of esters is 2. The number of rotatable bonds is 12. The Kier molecular flexibility index (Phi) is 8.59. The number of hydrogen-bond donors (Lipinski definition) is 5. The first-order valence-corrected chi connectivity index (χ1v) is 9.24. The first kappa shape index (κ1) is 24.2. The molecule has 1 atom stereocenters. The average Bonchev–Trinajstić information content (AvgIpc) is 3.24. The number of nitrogens with zero attached hydrogens (tertiary/aromatic N) is 2. The zero-order valence-corrected chi connectivity index (χ0v) is 16.6. The fraction of sp³-hybridized carbons (Fsp3) is 0.389. The Bertz CT molecular complexity index is 896. The second kappa shape index (κ2) is 11.4. The second-order valence-corrected chi connectivity index (χ2v) is 6.19. The number of aromatic hydroxyl groups is 4. The average molecular weight is 458 g/mol. The van der Waals surface area contributed by atoms with E-state index in [-0.39, 0.29) is 38.9 Å². The van der Waals surface area contributed by atoms with E-state index in [1.54, 1.807) is 0 Å². The third-order valence-corrected chi connectivity index (χ3v) is 3.75. The summed E-state index contributed by atoms with van der Waals surface area (Å²) in [6.07, 6.45) is -2.72. The van der Waals surface area contributed by atoms with E-state index in [2.05, 4.69) is 4.84 Å². The normalized spacial score (nSPS) is 11.5. The van der Waals surface area contributed by atoms with Gasteiger partial charge in [-0.2, -0.15) is 0 Å². The maximum absolute atomic E-state index is 11.6. The van der Waals surface area contributed by atoms with Crippen LogP contribution in [0, 0.1) is 0 Å². The first-order valence-electron chi connectivity index (χ1n) is 9.24. The molecule has 0 saturated heterocycles. The summed E-state index contributed by atoms with van der Waals surface area (Å²) in [6.45, 7) is -0.542. The Balaban J connectivity index is 1.55. The van der Waals surface area contributed by atoms with E-state index in [1.807, 2.05) is 0 Å². The van der Waals surface area contributed by atoms with Crippen LogP contribution in [0.1, 0.15) is 25.7 Å². The molecule has 14 heteroatoms. The molecule has 176 valence electrons. The lowest BCUT2D eigenvalue weighted by molar-refractivity contribution is -0.156. The third kappa shape index (κ3) is 7.32. The zero-order chi connectivity index (χ0) is 23.7. The summed E-state index contributed by atoms with van der Waals surface area (Å²) in [5, 5.41) is 47.1. The van der Waals surface area contributed by atoms with Crippen molar-refractivity contribution in [3.05, 3.63) is 24.3 Å². The number of carbonyl (C=O) groups is 3. The molecule has 0 amide bonds. The van der Waals surface area contributed by atoms with Gasteiger partial charge in [-0.3, -0.25) is 9.59 Å². The molecule has 0 saturated carbocycles. The van der Waals surface area contributed by atoms with Crippen LogP contribution in [-0.4, -0.2) is 72.4 Å². The molecule has 1 unspecified atom stereocenters. The number of ether oxygens (including phenoxy) is 2. The molecule has 0 bridgehead atoms. The van der Waals surface area contributed by atoms with Gasteiger partial charge in [0.05, 0.1) is 19.3 Å². The van der Waals surface area contributed by atoms with Crippen LogP contribution in [0.25, 0.3) is 0 Å². The van der Waals surface area contributed by atoms with Crippen molar-refractivity contribution in [1.82, 2.24) is 9.46 Å². The molecular weight excluding hydrogens is 436 g/mol. The van der Waals surface area contributed by atoms with Crippen molar-refractivity contribution in [3.8, 4) is 23.5 Å². The predicted molar refractivity (Wildman–Crippen MR) is 100 cm³/mol. The summed E-state index contributed by atoms with van der Waals surface area (Å²) in [5.41, 5.74) is 0. The number of aromatic nitrogens is 2. The molecule has 32 heavy (non-hydrogen) atoms. The minimum Gasteiger partial charge on any atom is -0.492 e. The van der Waals surface area contributed by atoms with E-state index >= 15 is 0 Å². The summed E-state index contributed by atoms with van der Waals surface area (Å²) in [6, 6.07) is 4.48. The highest BCUT2D eigenvalue weighted by molar-refractivity contribution is 5.77. The van der Waals surface area contributed by atoms with Gasteiger partial charge in [-0.15, -0.1) is 9.46 Å². The molecule has 2 rings (SSSR count). The van der Waals surface area contributed by atoms with Gasteiger partial charge in [-0.05, 0) is 0 Å². The van der Waals surface area contributed by atoms with Crippen molar-refractivity contribution in [2.45, 2.75) is 32.0 Å². The van der Waals surface area contributed by atoms with Gasteiger partial charge in [0, 0.05) is 30.7 Å². The minimum atomic E-state index is -1.51. The monoisotopic (exact) mass is 458 g/mol. The number of hydrogen-bond acceptors (Lipinski definition) is 12. The Morgan fingerprint density at radius 3 is 1.69 bits per heavy atom. The highest BCUT2D eigenvalue weighted by Gasteiger charge is 2.16. The predicted octanol–water partition coefficient (Wildman–Crippen LogP) is -0.839. The largest absolute Gasteiger partial charge is 0.492 e. The van der Waals surface area contributed by atoms with Crippen molar-refractivity contribution < 1.29 is 59.1 Å². The summed E-state index contributed by atoms with van der Waals surface area (Å²) in [5.74, 6) is -4.28. The quantitative estimate of drug-likeness (QED) is 0.150. The highest BCUT2D eigenvalue weighted by atomic mass is 16.7. The third-order valence-electron chi connectivity index (χ3n) is 3.75. The van der Waals surface area contributed by atoms with E-state index < -0.39 is 47.7 Å². The Morgan fingerprint density at radius 2 is 1.16 bits per heavy atom. The molecule has 0 aromatic carbocycles. The standard InChI is InChI=1S/C18H22N2O12/c21-11-1-2-12(22)19(11)31-17(27)7-5-15(25)29-9-10-30-16(26)6-8-18(28)32-20-13(23)3-4-14(20)24/h1-4,17,21-24,27H,5-10H2. The molecule has 2 aromatic rings. The Labute approximate surface area is 180 Å². The molecule has 0 aliphatic heterocycles. The summed E-state index contributed by atoms with van der Waals surface area (Å²) < 4.78 is 10.7. The van der Waals surface area contributed by atoms with Crippen molar-refractivity contribution in [3.63, 3.8) is 0 Å². The minimum absolute atomic E-state index is 0.204. The fourth-order valence-corrected chi connectivity index (χ4v) is 2.23. The van der Waals surface area contributed by atoms with Crippen molar-refractivity contribution in [2.24, 2.45) is 0 Å². The van der Waals surface area contributed by atoms with Crippen LogP contribution in [-0.2, 0) is 23.9 Å². The molecule has 5 N–H and O–H groups in total. The smallest absolute Gasteiger partial charge is 0.333 e. The lowest BCUT2D eigenvalue weighted by Gasteiger charge is -2.14. The first-order chi connectivity index (χ1) is 15.2. The van der Waals surface area contributed by atoms with Gasteiger partial charge in [-0.25, -0.2) is 4.79 Å². The lowest BCUT2D eigenvalue weighted by Crippen LogP contribution is -2.25. The van der Waals surface area contributed by atoms with E-state index in [9.17, 15) is 39.9 Å². The number of aliphatic hydroxyl groups excluding tert-OH is 1. The van der Waals surface area contributed by atoms with Gasteiger partial charge in [0.2, 0.25) is 29.8 Å². The Hall–Kier alpha value is -4.07. The van der Waals surface area contributed by atoms with Crippen LogP contribution < -0.4 is 9.68 Å². The molecule has 2 aromatic heterocycles. The zero-order valence-electron chi connectivity index (χ0n) is 16.6. The van der Waals surface area contributed by atoms with E-state index in [4.69, 9.17) is 14.3 Å². The number of aliphatic hydroxyl groups is 1. The van der Waals surface area contributed by atoms with Crippen molar-refractivity contribution in [1.29, 1.82) is 0 Å².